The second kappa shape index (κ2) is 3.97. The third-order valence-electron chi connectivity index (χ3n) is 3.02. The summed E-state index contributed by atoms with van der Waals surface area (Å²) < 4.78 is 0. The van der Waals surface area contributed by atoms with E-state index in [4.69, 9.17) is 4.98 Å². The number of aromatic nitrogens is 1. The summed E-state index contributed by atoms with van der Waals surface area (Å²) in [6, 6.07) is 14.7. The summed E-state index contributed by atoms with van der Waals surface area (Å²) >= 11 is 1.81. The zero-order chi connectivity index (χ0) is 11.8. The molecule has 0 radical (unpaired) electrons. The van der Waals surface area contributed by atoms with Crippen molar-refractivity contribution in [2.45, 2.75) is 13.8 Å². The minimum absolute atomic E-state index is 1.06. The standard InChI is InChI=1S/C15H13NS/c1-10-9-15(17-11(10)2)14-8-7-12-5-3-4-6-13(12)16-14/h3-9H,1-2H3. The third kappa shape index (κ3) is 1.85. The Balaban J connectivity index is 2.17. The van der Waals surface area contributed by atoms with E-state index in [1.165, 1.54) is 20.7 Å². The fraction of sp³-hybridized carbons (Fsp3) is 0.133. The van der Waals surface area contributed by atoms with Crippen LogP contribution in [0.25, 0.3) is 21.5 Å². The highest BCUT2D eigenvalue weighted by Gasteiger charge is 2.06. The number of para-hydroxylation sites is 1. The van der Waals surface area contributed by atoms with Crippen LogP contribution in [0.4, 0.5) is 0 Å². The van der Waals surface area contributed by atoms with Crippen LogP contribution in [0.5, 0.6) is 0 Å². The van der Waals surface area contributed by atoms with Gasteiger partial charge in [0.2, 0.25) is 0 Å². The summed E-state index contributed by atoms with van der Waals surface area (Å²) in [6.07, 6.45) is 0. The van der Waals surface area contributed by atoms with Crippen LogP contribution in [0.15, 0.2) is 42.5 Å². The number of fused-ring (bicyclic) bond motifs is 1. The number of thiophene rings is 1. The van der Waals surface area contributed by atoms with Crippen LogP contribution in [0.3, 0.4) is 0 Å². The Hall–Kier alpha value is -1.67. The number of benzene rings is 1. The van der Waals surface area contributed by atoms with Gasteiger partial charge in [0, 0.05) is 10.3 Å². The fourth-order valence-corrected chi connectivity index (χ4v) is 2.91. The lowest BCUT2D eigenvalue weighted by molar-refractivity contribution is 1.41. The third-order valence-corrected chi connectivity index (χ3v) is 4.19. The number of hydrogen-bond acceptors (Lipinski definition) is 2. The van der Waals surface area contributed by atoms with Crippen LogP contribution in [0.2, 0.25) is 0 Å². The van der Waals surface area contributed by atoms with E-state index in [0.29, 0.717) is 0 Å². The molecular formula is C15H13NS. The van der Waals surface area contributed by atoms with Crippen molar-refractivity contribution in [1.29, 1.82) is 0 Å². The van der Waals surface area contributed by atoms with Crippen LogP contribution in [-0.4, -0.2) is 4.98 Å². The van der Waals surface area contributed by atoms with Crippen molar-refractivity contribution in [3.63, 3.8) is 0 Å². The molecule has 0 bridgehead atoms. The smallest absolute Gasteiger partial charge is 0.0809 e. The minimum atomic E-state index is 1.06. The van der Waals surface area contributed by atoms with Crippen molar-refractivity contribution in [1.82, 2.24) is 4.98 Å². The molecule has 2 heteroatoms. The molecule has 0 fully saturated rings. The largest absolute Gasteiger partial charge is 0.247 e. The molecule has 0 N–H and O–H groups in total. The normalized spacial score (nSPS) is 10.9. The van der Waals surface area contributed by atoms with Crippen molar-refractivity contribution < 1.29 is 0 Å². The van der Waals surface area contributed by atoms with Crippen LogP contribution in [-0.2, 0) is 0 Å². The van der Waals surface area contributed by atoms with E-state index in [1.807, 2.05) is 23.5 Å². The zero-order valence-corrected chi connectivity index (χ0v) is 10.7. The summed E-state index contributed by atoms with van der Waals surface area (Å²) in [5.41, 5.74) is 3.48. The van der Waals surface area contributed by atoms with Gasteiger partial charge in [-0.1, -0.05) is 24.3 Å². The Morgan fingerprint density at radius 2 is 1.82 bits per heavy atom. The first-order chi connectivity index (χ1) is 8.24. The fourth-order valence-electron chi connectivity index (χ4n) is 1.90. The van der Waals surface area contributed by atoms with Gasteiger partial charge in [-0.3, -0.25) is 0 Å². The van der Waals surface area contributed by atoms with Crippen molar-refractivity contribution in [2.24, 2.45) is 0 Å². The lowest BCUT2D eigenvalue weighted by atomic mass is 10.2. The molecule has 1 aromatic carbocycles. The molecule has 0 unspecified atom stereocenters. The van der Waals surface area contributed by atoms with Gasteiger partial charge < -0.3 is 0 Å². The molecule has 0 aliphatic rings. The Morgan fingerprint density at radius 1 is 1.00 bits per heavy atom. The topological polar surface area (TPSA) is 12.9 Å². The molecule has 1 nitrogen and oxygen atoms in total. The lowest BCUT2D eigenvalue weighted by Gasteiger charge is -2.00. The number of rotatable bonds is 1. The van der Waals surface area contributed by atoms with Gasteiger partial charge in [-0.2, -0.15) is 0 Å². The van der Waals surface area contributed by atoms with Gasteiger partial charge in [0.05, 0.1) is 16.1 Å². The molecule has 0 amide bonds. The van der Waals surface area contributed by atoms with E-state index in [9.17, 15) is 0 Å². The van der Waals surface area contributed by atoms with E-state index in [-0.39, 0.29) is 0 Å². The van der Waals surface area contributed by atoms with E-state index in [2.05, 4.69) is 44.2 Å². The summed E-state index contributed by atoms with van der Waals surface area (Å²) in [4.78, 5) is 7.34. The highest BCUT2D eigenvalue weighted by molar-refractivity contribution is 7.15. The monoisotopic (exact) mass is 239 g/mol. The maximum absolute atomic E-state index is 4.71. The van der Waals surface area contributed by atoms with Gasteiger partial charge in [0.15, 0.2) is 0 Å². The molecule has 2 aromatic heterocycles. The summed E-state index contributed by atoms with van der Waals surface area (Å²) in [7, 11) is 0. The van der Waals surface area contributed by atoms with E-state index in [1.54, 1.807) is 0 Å². The second-order valence-corrected chi connectivity index (χ2v) is 5.50. The average molecular weight is 239 g/mol. The molecule has 17 heavy (non-hydrogen) atoms. The quantitative estimate of drug-likeness (QED) is 0.605. The molecule has 0 atom stereocenters. The van der Waals surface area contributed by atoms with Crippen LogP contribution in [0, 0.1) is 13.8 Å². The molecule has 0 spiro atoms. The number of aryl methyl sites for hydroxylation is 2. The van der Waals surface area contributed by atoms with Gasteiger partial charge in [0.25, 0.3) is 0 Å². The summed E-state index contributed by atoms with van der Waals surface area (Å²) in [6.45, 7) is 4.31. The predicted molar refractivity (Wildman–Crippen MR) is 74.5 cm³/mol. The maximum atomic E-state index is 4.71. The maximum Gasteiger partial charge on any atom is 0.0809 e. The zero-order valence-electron chi connectivity index (χ0n) is 9.90. The van der Waals surface area contributed by atoms with Gasteiger partial charge in [-0.25, -0.2) is 4.98 Å². The molecule has 0 aliphatic carbocycles. The molecule has 0 saturated heterocycles. The van der Waals surface area contributed by atoms with Gasteiger partial charge >= 0.3 is 0 Å². The SMILES string of the molecule is Cc1cc(-c2ccc3ccccc3n2)sc1C. The highest BCUT2D eigenvalue weighted by atomic mass is 32.1. The number of nitrogens with zero attached hydrogens (tertiary/aromatic N) is 1. The average Bonchev–Trinajstić information content (AvgIpc) is 2.69. The molecular weight excluding hydrogens is 226 g/mol. The van der Waals surface area contributed by atoms with Gasteiger partial charge in [0.1, 0.15) is 0 Å². The number of hydrogen-bond donors (Lipinski definition) is 0. The van der Waals surface area contributed by atoms with Crippen molar-refractivity contribution >= 4 is 22.2 Å². The Bertz CT molecular complexity index is 663. The Kier molecular flexibility index (Phi) is 2.45. The Morgan fingerprint density at radius 3 is 2.59 bits per heavy atom. The molecule has 0 saturated carbocycles. The lowest BCUT2D eigenvalue weighted by Crippen LogP contribution is -1.82. The molecule has 2 heterocycles. The van der Waals surface area contributed by atoms with Gasteiger partial charge in [-0.15, -0.1) is 11.3 Å². The molecule has 3 rings (SSSR count). The first-order valence-electron chi connectivity index (χ1n) is 5.67. The van der Waals surface area contributed by atoms with E-state index >= 15 is 0 Å². The first-order valence-corrected chi connectivity index (χ1v) is 6.49. The highest BCUT2D eigenvalue weighted by Crippen LogP contribution is 2.30. The Labute approximate surface area is 105 Å². The van der Waals surface area contributed by atoms with Crippen LogP contribution < -0.4 is 0 Å². The first kappa shape index (κ1) is 10.5. The van der Waals surface area contributed by atoms with Gasteiger partial charge in [-0.05, 0) is 37.6 Å². The van der Waals surface area contributed by atoms with Crippen molar-refractivity contribution in [3.8, 4) is 10.6 Å². The summed E-state index contributed by atoms with van der Waals surface area (Å²) in [5.74, 6) is 0. The second-order valence-electron chi connectivity index (χ2n) is 4.24. The van der Waals surface area contributed by atoms with Crippen LogP contribution in [0.1, 0.15) is 10.4 Å². The van der Waals surface area contributed by atoms with Crippen molar-refractivity contribution in [3.05, 3.63) is 52.9 Å². The molecule has 0 aliphatic heterocycles. The minimum Gasteiger partial charge on any atom is -0.247 e. The van der Waals surface area contributed by atoms with Crippen LogP contribution >= 0.6 is 11.3 Å². The number of pyridine rings is 1. The molecule has 84 valence electrons. The van der Waals surface area contributed by atoms with Crippen molar-refractivity contribution in [2.75, 3.05) is 0 Å². The molecule has 3 aromatic rings. The predicted octanol–water partition coefficient (Wildman–Crippen LogP) is 4.58. The van der Waals surface area contributed by atoms with E-state index in [0.717, 1.165) is 11.2 Å². The summed E-state index contributed by atoms with van der Waals surface area (Å²) in [5, 5.41) is 1.20. The van der Waals surface area contributed by atoms with E-state index < -0.39 is 0 Å².